The SMILES string of the molecule is COc1cc(-c2nnc(CSc3nc4ccccc4[nH]3)o2)cc(OC)c1OC. The van der Waals surface area contributed by atoms with Gasteiger partial charge in [0.1, 0.15) is 0 Å². The second-order valence-electron chi connectivity index (χ2n) is 5.76. The summed E-state index contributed by atoms with van der Waals surface area (Å²) in [5, 5.41) is 9.06. The quantitative estimate of drug-likeness (QED) is 0.468. The summed E-state index contributed by atoms with van der Waals surface area (Å²) in [4.78, 5) is 7.79. The molecular formula is C19H18N4O4S. The number of H-pyrrole nitrogens is 1. The van der Waals surface area contributed by atoms with E-state index in [0.29, 0.717) is 40.3 Å². The zero-order valence-corrected chi connectivity index (χ0v) is 16.4. The number of aromatic amines is 1. The summed E-state index contributed by atoms with van der Waals surface area (Å²) < 4.78 is 21.9. The number of fused-ring (bicyclic) bond motifs is 1. The van der Waals surface area contributed by atoms with Gasteiger partial charge in [-0.15, -0.1) is 10.2 Å². The fraction of sp³-hybridized carbons (Fsp3) is 0.211. The van der Waals surface area contributed by atoms with Gasteiger partial charge in [-0.1, -0.05) is 23.9 Å². The first-order valence-electron chi connectivity index (χ1n) is 8.42. The average molecular weight is 398 g/mol. The fourth-order valence-electron chi connectivity index (χ4n) is 2.76. The maximum absolute atomic E-state index is 5.80. The number of ether oxygens (including phenoxy) is 3. The third-order valence-corrected chi connectivity index (χ3v) is 4.94. The summed E-state index contributed by atoms with van der Waals surface area (Å²) in [6.45, 7) is 0. The Morgan fingerprint density at radius 2 is 1.75 bits per heavy atom. The van der Waals surface area contributed by atoms with Crippen molar-refractivity contribution in [2.24, 2.45) is 0 Å². The van der Waals surface area contributed by atoms with Gasteiger partial charge in [-0.2, -0.15) is 0 Å². The van der Waals surface area contributed by atoms with Crippen LogP contribution < -0.4 is 14.2 Å². The number of rotatable bonds is 7. The summed E-state index contributed by atoms with van der Waals surface area (Å²) in [5.74, 6) is 2.92. The molecule has 1 N–H and O–H groups in total. The van der Waals surface area contributed by atoms with Crippen molar-refractivity contribution in [1.29, 1.82) is 0 Å². The van der Waals surface area contributed by atoms with Crippen LogP contribution in [0.4, 0.5) is 0 Å². The monoisotopic (exact) mass is 398 g/mol. The molecule has 144 valence electrons. The lowest BCUT2D eigenvalue weighted by Gasteiger charge is -2.12. The molecule has 0 bridgehead atoms. The molecule has 0 aliphatic rings. The van der Waals surface area contributed by atoms with Gasteiger partial charge in [-0.05, 0) is 24.3 Å². The fourth-order valence-corrected chi connectivity index (χ4v) is 3.48. The number of nitrogens with one attached hydrogen (secondary N) is 1. The van der Waals surface area contributed by atoms with Crippen molar-refractivity contribution >= 4 is 22.8 Å². The molecule has 9 heteroatoms. The second-order valence-corrected chi connectivity index (χ2v) is 6.73. The number of hydrogen-bond donors (Lipinski definition) is 1. The van der Waals surface area contributed by atoms with Crippen molar-refractivity contribution in [1.82, 2.24) is 20.2 Å². The van der Waals surface area contributed by atoms with Gasteiger partial charge in [-0.25, -0.2) is 4.98 Å². The van der Waals surface area contributed by atoms with E-state index in [-0.39, 0.29) is 0 Å². The van der Waals surface area contributed by atoms with Crippen LogP contribution in [0.15, 0.2) is 46.0 Å². The molecule has 0 unspecified atom stereocenters. The summed E-state index contributed by atoms with van der Waals surface area (Å²) in [6.07, 6.45) is 0. The molecule has 28 heavy (non-hydrogen) atoms. The van der Waals surface area contributed by atoms with Crippen LogP contribution in [0.5, 0.6) is 17.2 Å². The topological polar surface area (TPSA) is 95.3 Å². The average Bonchev–Trinajstić information content (AvgIpc) is 3.37. The number of hydrogen-bond acceptors (Lipinski definition) is 8. The van der Waals surface area contributed by atoms with Gasteiger partial charge in [0.05, 0.1) is 38.1 Å². The zero-order chi connectivity index (χ0) is 19.5. The van der Waals surface area contributed by atoms with Crippen LogP contribution in [0.1, 0.15) is 5.89 Å². The summed E-state index contributed by atoms with van der Waals surface area (Å²) in [5.41, 5.74) is 2.60. The van der Waals surface area contributed by atoms with Gasteiger partial charge in [0.15, 0.2) is 16.7 Å². The Kier molecular flexibility index (Phi) is 5.07. The van der Waals surface area contributed by atoms with E-state index < -0.39 is 0 Å². The smallest absolute Gasteiger partial charge is 0.248 e. The Labute approximate surface area is 165 Å². The van der Waals surface area contributed by atoms with Crippen LogP contribution in [-0.2, 0) is 5.75 Å². The molecule has 0 saturated carbocycles. The van der Waals surface area contributed by atoms with Crippen LogP contribution in [0, 0.1) is 0 Å². The number of imidazole rings is 1. The predicted octanol–water partition coefficient (Wildman–Crippen LogP) is 3.93. The molecule has 2 aromatic carbocycles. The highest BCUT2D eigenvalue weighted by molar-refractivity contribution is 7.98. The Balaban J connectivity index is 1.54. The Morgan fingerprint density at radius 3 is 2.43 bits per heavy atom. The molecule has 8 nitrogen and oxygen atoms in total. The normalized spacial score (nSPS) is 11.0. The van der Waals surface area contributed by atoms with E-state index in [2.05, 4.69) is 20.2 Å². The molecule has 0 saturated heterocycles. The van der Waals surface area contributed by atoms with E-state index in [1.807, 2.05) is 24.3 Å². The largest absolute Gasteiger partial charge is 0.493 e. The van der Waals surface area contributed by atoms with Crippen molar-refractivity contribution in [3.63, 3.8) is 0 Å². The van der Waals surface area contributed by atoms with Gasteiger partial charge < -0.3 is 23.6 Å². The first kappa shape index (κ1) is 18.2. The molecule has 4 rings (SSSR count). The number of methoxy groups -OCH3 is 3. The van der Waals surface area contributed by atoms with Crippen molar-refractivity contribution < 1.29 is 18.6 Å². The molecule has 0 aliphatic carbocycles. The molecule has 4 aromatic rings. The van der Waals surface area contributed by atoms with E-state index >= 15 is 0 Å². The molecule has 2 heterocycles. The molecule has 0 radical (unpaired) electrons. The lowest BCUT2D eigenvalue weighted by Crippen LogP contribution is -1.95. The summed E-state index contributed by atoms with van der Waals surface area (Å²) in [6, 6.07) is 11.4. The maximum Gasteiger partial charge on any atom is 0.248 e. The summed E-state index contributed by atoms with van der Waals surface area (Å²) >= 11 is 1.50. The number of nitrogens with zero attached hydrogens (tertiary/aromatic N) is 3. The van der Waals surface area contributed by atoms with E-state index in [0.717, 1.165) is 16.2 Å². The van der Waals surface area contributed by atoms with Crippen molar-refractivity contribution in [2.45, 2.75) is 10.9 Å². The third kappa shape index (κ3) is 3.48. The van der Waals surface area contributed by atoms with Crippen LogP contribution in [-0.4, -0.2) is 41.5 Å². The Morgan fingerprint density at radius 1 is 1.00 bits per heavy atom. The van der Waals surface area contributed by atoms with Crippen LogP contribution in [0.3, 0.4) is 0 Å². The van der Waals surface area contributed by atoms with Gasteiger partial charge >= 0.3 is 0 Å². The van der Waals surface area contributed by atoms with E-state index in [9.17, 15) is 0 Å². The maximum atomic E-state index is 5.80. The van der Waals surface area contributed by atoms with Crippen molar-refractivity contribution in [2.75, 3.05) is 21.3 Å². The van der Waals surface area contributed by atoms with E-state index in [4.69, 9.17) is 18.6 Å². The van der Waals surface area contributed by atoms with Crippen LogP contribution >= 0.6 is 11.8 Å². The van der Waals surface area contributed by atoms with Gasteiger partial charge in [0.25, 0.3) is 0 Å². The molecule has 0 aliphatic heterocycles. The molecule has 0 amide bonds. The molecule has 0 spiro atoms. The van der Waals surface area contributed by atoms with Crippen LogP contribution in [0.25, 0.3) is 22.5 Å². The predicted molar refractivity (Wildman–Crippen MR) is 105 cm³/mol. The molecule has 0 atom stereocenters. The Bertz CT molecular complexity index is 1050. The summed E-state index contributed by atoms with van der Waals surface area (Å²) in [7, 11) is 4.68. The van der Waals surface area contributed by atoms with Crippen molar-refractivity contribution in [3.8, 4) is 28.7 Å². The number of benzene rings is 2. The van der Waals surface area contributed by atoms with Crippen molar-refractivity contribution in [3.05, 3.63) is 42.3 Å². The van der Waals surface area contributed by atoms with E-state index in [1.54, 1.807) is 33.5 Å². The lowest BCUT2D eigenvalue weighted by molar-refractivity contribution is 0.324. The minimum Gasteiger partial charge on any atom is -0.493 e. The highest BCUT2D eigenvalue weighted by Crippen LogP contribution is 2.41. The number of para-hydroxylation sites is 2. The highest BCUT2D eigenvalue weighted by Gasteiger charge is 2.17. The number of aromatic nitrogens is 4. The first-order chi connectivity index (χ1) is 13.7. The molecule has 0 fully saturated rings. The minimum atomic E-state index is 0.374. The Hall–Kier alpha value is -3.20. The van der Waals surface area contributed by atoms with Crippen LogP contribution in [0.2, 0.25) is 0 Å². The van der Waals surface area contributed by atoms with Gasteiger partial charge in [0, 0.05) is 5.56 Å². The number of thioether (sulfide) groups is 1. The molecular weight excluding hydrogens is 380 g/mol. The molecule has 2 aromatic heterocycles. The zero-order valence-electron chi connectivity index (χ0n) is 15.6. The minimum absolute atomic E-state index is 0.374. The highest BCUT2D eigenvalue weighted by atomic mass is 32.2. The lowest BCUT2D eigenvalue weighted by atomic mass is 10.2. The standard InChI is InChI=1S/C19H18N4O4S/c1-24-14-8-11(9-15(25-2)17(14)26-3)18-23-22-16(27-18)10-28-19-20-12-6-4-5-7-13(12)21-19/h4-9H,10H2,1-3H3,(H,20,21). The van der Waals surface area contributed by atoms with Gasteiger partial charge in [-0.3, -0.25) is 0 Å². The second kappa shape index (κ2) is 7.81. The van der Waals surface area contributed by atoms with Gasteiger partial charge in [0.2, 0.25) is 17.5 Å². The third-order valence-electron chi connectivity index (χ3n) is 4.08. The first-order valence-corrected chi connectivity index (χ1v) is 9.40. The van der Waals surface area contributed by atoms with E-state index in [1.165, 1.54) is 11.8 Å².